The van der Waals surface area contributed by atoms with Gasteiger partial charge in [-0.05, 0) is 19.8 Å². The first kappa shape index (κ1) is 12.2. The van der Waals surface area contributed by atoms with Gasteiger partial charge in [0.25, 0.3) is 0 Å². The lowest BCUT2D eigenvalue weighted by atomic mass is 10.2. The first-order valence-electron chi connectivity index (χ1n) is 4.72. The van der Waals surface area contributed by atoms with Crippen molar-refractivity contribution in [3.63, 3.8) is 0 Å². The number of hydrogen-bond acceptors (Lipinski definition) is 2. The summed E-state index contributed by atoms with van der Waals surface area (Å²) in [5.41, 5.74) is 5.66. The van der Waals surface area contributed by atoms with Crippen molar-refractivity contribution in [3.05, 3.63) is 11.6 Å². The minimum absolute atomic E-state index is 0.353. The minimum atomic E-state index is -0.353. The molecule has 13 heavy (non-hydrogen) atoms. The van der Waals surface area contributed by atoms with Crippen LogP contribution in [0.15, 0.2) is 11.6 Å². The number of hydrogen-bond donors (Lipinski definition) is 1. The van der Waals surface area contributed by atoms with Crippen LogP contribution in [0, 0.1) is 0 Å². The molecule has 0 fully saturated rings. The van der Waals surface area contributed by atoms with Gasteiger partial charge >= 0.3 is 0 Å². The molecule has 76 valence electrons. The minimum Gasteiger partial charge on any atom is -0.381 e. The fourth-order valence-electron chi connectivity index (χ4n) is 0.808. The summed E-state index contributed by atoms with van der Waals surface area (Å²) in [6.07, 6.45) is 4.82. The van der Waals surface area contributed by atoms with E-state index in [-0.39, 0.29) is 5.91 Å². The van der Waals surface area contributed by atoms with Crippen LogP contribution in [0.1, 0.15) is 33.1 Å². The molecule has 0 aliphatic rings. The molecule has 0 radical (unpaired) electrons. The zero-order valence-corrected chi connectivity index (χ0v) is 8.51. The average Bonchev–Trinajstić information content (AvgIpc) is 2.10. The standard InChI is InChI=1S/C10H19NO2/c1-3-4-7-13-8-5-6-9(2)10(11)12/h6H,3-5,7-8H2,1-2H3,(H2,11,12). The largest absolute Gasteiger partial charge is 0.381 e. The molecule has 3 heteroatoms. The van der Waals surface area contributed by atoms with Gasteiger partial charge in [-0.15, -0.1) is 0 Å². The zero-order valence-electron chi connectivity index (χ0n) is 8.51. The van der Waals surface area contributed by atoms with Crippen LogP contribution >= 0.6 is 0 Å². The summed E-state index contributed by atoms with van der Waals surface area (Å²) >= 11 is 0. The Morgan fingerprint density at radius 3 is 2.69 bits per heavy atom. The van der Waals surface area contributed by atoms with Crippen LogP contribution in [0.4, 0.5) is 0 Å². The molecular formula is C10H19NO2. The van der Waals surface area contributed by atoms with E-state index in [1.54, 1.807) is 6.92 Å². The zero-order chi connectivity index (χ0) is 10.1. The van der Waals surface area contributed by atoms with Crippen molar-refractivity contribution < 1.29 is 9.53 Å². The maximum atomic E-state index is 10.6. The highest BCUT2D eigenvalue weighted by Gasteiger charge is 1.94. The summed E-state index contributed by atoms with van der Waals surface area (Å²) < 4.78 is 5.31. The first-order valence-corrected chi connectivity index (χ1v) is 4.72. The summed E-state index contributed by atoms with van der Waals surface area (Å²) in [6.45, 7) is 5.32. The third-order valence-corrected chi connectivity index (χ3v) is 1.74. The molecule has 0 rings (SSSR count). The molecule has 0 unspecified atom stereocenters. The number of nitrogens with two attached hydrogens (primary N) is 1. The highest BCUT2D eigenvalue weighted by atomic mass is 16.5. The van der Waals surface area contributed by atoms with Crippen LogP contribution in [-0.4, -0.2) is 19.1 Å². The van der Waals surface area contributed by atoms with Gasteiger partial charge in [-0.1, -0.05) is 19.4 Å². The van der Waals surface area contributed by atoms with Gasteiger partial charge in [0, 0.05) is 12.2 Å². The van der Waals surface area contributed by atoms with Crippen LogP contribution in [0.2, 0.25) is 0 Å². The third-order valence-electron chi connectivity index (χ3n) is 1.74. The molecule has 0 aliphatic carbocycles. The van der Waals surface area contributed by atoms with Crippen LogP contribution in [0.5, 0.6) is 0 Å². The third kappa shape index (κ3) is 7.53. The number of ether oxygens (including phenoxy) is 1. The average molecular weight is 185 g/mol. The van der Waals surface area contributed by atoms with Gasteiger partial charge in [-0.3, -0.25) is 4.79 Å². The van der Waals surface area contributed by atoms with Crippen molar-refractivity contribution in [1.29, 1.82) is 0 Å². The normalized spacial score (nSPS) is 11.7. The summed E-state index contributed by atoms with van der Waals surface area (Å²) in [4.78, 5) is 10.6. The molecule has 0 heterocycles. The van der Waals surface area contributed by atoms with Crippen molar-refractivity contribution in [2.24, 2.45) is 5.73 Å². The predicted molar refractivity (Wildman–Crippen MR) is 53.3 cm³/mol. The van der Waals surface area contributed by atoms with E-state index in [2.05, 4.69) is 6.92 Å². The molecule has 2 N–H and O–H groups in total. The van der Waals surface area contributed by atoms with Gasteiger partial charge in [-0.25, -0.2) is 0 Å². The Hall–Kier alpha value is -0.830. The quantitative estimate of drug-likeness (QED) is 0.484. The number of carbonyl (C=O) groups is 1. The van der Waals surface area contributed by atoms with Crippen LogP contribution < -0.4 is 5.73 Å². The topological polar surface area (TPSA) is 52.3 Å². The highest BCUT2D eigenvalue weighted by molar-refractivity contribution is 5.91. The number of amides is 1. The number of unbranched alkanes of at least 4 members (excludes halogenated alkanes) is 1. The lowest BCUT2D eigenvalue weighted by molar-refractivity contribution is -0.114. The van der Waals surface area contributed by atoms with E-state index < -0.39 is 0 Å². The molecule has 0 aromatic heterocycles. The van der Waals surface area contributed by atoms with Crippen molar-refractivity contribution in [1.82, 2.24) is 0 Å². The molecular weight excluding hydrogens is 166 g/mol. The SMILES string of the molecule is CCCCOCCC=C(C)C(N)=O. The second kappa shape index (κ2) is 7.80. The molecule has 0 aliphatic heterocycles. The van der Waals surface area contributed by atoms with E-state index in [1.807, 2.05) is 6.08 Å². The van der Waals surface area contributed by atoms with Crippen LogP contribution in [-0.2, 0) is 9.53 Å². The van der Waals surface area contributed by atoms with Gasteiger partial charge in [0.2, 0.25) is 5.91 Å². The van der Waals surface area contributed by atoms with E-state index in [9.17, 15) is 4.79 Å². The summed E-state index contributed by atoms with van der Waals surface area (Å²) in [5.74, 6) is -0.353. The molecule has 0 aromatic rings. The predicted octanol–water partition coefficient (Wildman–Crippen LogP) is 1.62. The Kier molecular flexibility index (Phi) is 7.30. The fraction of sp³-hybridized carbons (Fsp3) is 0.700. The lowest BCUT2D eigenvalue weighted by Crippen LogP contribution is -2.11. The molecule has 0 spiro atoms. The van der Waals surface area contributed by atoms with E-state index >= 15 is 0 Å². The Morgan fingerprint density at radius 2 is 2.15 bits per heavy atom. The molecule has 0 aromatic carbocycles. The molecule has 0 saturated carbocycles. The van der Waals surface area contributed by atoms with Crippen molar-refractivity contribution in [2.45, 2.75) is 33.1 Å². The first-order chi connectivity index (χ1) is 6.18. The van der Waals surface area contributed by atoms with Gasteiger partial charge in [0.15, 0.2) is 0 Å². The molecule has 0 saturated heterocycles. The van der Waals surface area contributed by atoms with Crippen molar-refractivity contribution >= 4 is 5.91 Å². The summed E-state index contributed by atoms with van der Waals surface area (Å²) in [6, 6.07) is 0. The number of rotatable bonds is 7. The summed E-state index contributed by atoms with van der Waals surface area (Å²) in [7, 11) is 0. The fourth-order valence-corrected chi connectivity index (χ4v) is 0.808. The van der Waals surface area contributed by atoms with Crippen molar-refractivity contribution in [2.75, 3.05) is 13.2 Å². The maximum Gasteiger partial charge on any atom is 0.244 e. The molecule has 3 nitrogen and oxygen atoms in total. The van der Waals surface area contributed by atoms with E-state index in [0.29, 0.717) is 12.2 Å². The smallest absolute Gasteiger partial charge is 0.244 e. The van der Waals surface area contributed by atoms with Gasteiger partial charge in [0.1, 0.15) is 0 Å². The van der Waals surface area contributed by atoms with E-state index in [0.717, 1.165) is 25.9 Å². The maximum absolute atomic E-state index is 10.6. The molecule has 1 amide bonds. The summed E-state index contributed by atoms with van der Waals surface area (Å²) in [5, 5.41) is 0. The molecule has 0 bridgehead atoms. The van der Waals surface area contributed by atoms with Gasteiger partial charge in [0.05, 0.1) is 6.61 Å². The lowest BCUT2D eigenvalue weighted by Gasteiger charge is -2.00. The van der Waals surface area contributed by atoms with Crippen LogP contribution in [0.25, 0.3) is 0 Å². The Morgan fingerprint density at radius 1 is 1.46 bits per heavy atom. The number of primary amides is 1. The van der Waals surface area contributed by atoms with Crippen LogP contribution in [0.3, 0.4) is 0 Å². The van der Waals surface area contributed by atoms with Gasteiger partial charge in [-0.2, -0.15) is 0 Å². The van der Waals surface area contributed by atoms with E-state index in [4.69, 9.17) is 10.5 Å². The monoisotopic (exact) mass is 185 g/mol. The highest BCUT2D eigenvalue weighted by Crippen LogP contribution is 1.95. The Balaban J connectivity index is 3.34. The van der Waals surface area contributed by atoms with E-state index in [1.165, 1.54) is 0 Å². The Labute approximate surface area is 79.9 Å². The van der Waals surface area contributed by atoms with Crippen molar-refractivity contribution in [3.8, 4) is 0 Å². The number of carbonyl (C=O) groups excluding carboxylic acids is 1. The second-order valence-electron chi connectivity index (χ2n) is 3.01. The molecule has 0 atom stereocenters. The second-order valence-corrected chi connectivity index (χ2v) is 3.01. The van der Waals surface area contributed by atoms with Gasteiger partial charge < -0.3 is 10.5 Å². The Bertz CT molecular complexity index is 176.